The average Bonchev–Trinajstić information content (AvgIpc) is 2.69. The lowest BCUT2D eigenvalue weighted by Crippen LogP contribution is -2.10. The van der Waals surface area contributed by atoms with Crippen LogP contribution in [-0.4, -0.2) is 27.0 Å². The minimum Gasteiger partial charge on any atom is -0.497 e. The molecule has 0 unspecified atom stereocenters. The number of nitrogens with zero attached hydrogens (tertiary/aromatic N) is 3. The van der Waals surface area contributed by atoms with Crippen molar-refractivity contribution in [2.45, 2.75) is 6.42 Å². The van der Waals surface area contributed by atoms with E-state index in [2.05, 4.69) is 15.0 Å². The fourth-order valence-corrected chi connectivity index (χ4v) is 2.94. The summed E-state index contributed by atoms with van der Waals surface area (Å²) in [5.74, 6) is 0.791. The van der Waals surface area contributed by atoms with Crippen molar-refractivity contribution in [3.63, 3.8) is 0 Å². The number of pyridine rings is 2. The van der Waals surface area contributed by atoms with E-state index in [1.165, 1.54) is 6.33 Å². The Balaban J connectivity index is 1.86. The first kappa shape index (κ1) is 16.0. The Hall–Kier alpha value is -3.54. The van der Waals surface area contributed by atoms with Crippen LogP contribution in [0, 0.1) is 0 Å². The van der Waals surface area contributed by atoms with Gasteiger partial charge in [0.15, 0.2) is 0 Å². The fraction of sp³-hybridized carbons (Fsp3) is 0.100. The van der Waals surface area contributed by atoms with Gasteiger partial charge in [-0.2, -0.15) is 0 Å². The van der Waals surface area contributed by atoms with E-state index in [1.807, 2.05) is 36.4 Å². The molecule has 1 aromatic carbocycles. The molecule has 6 nitrogen and oxygen atoms in total. The zero-order valence-corrected chi connectivity index (χ0v) is 14.1. The van der Waals surface area contributed by atoms with Crippen LogP contribution in [0.5, 0.6) is 5.75 Å². The van der Waals surface area contributed by atoms with E-state index in [-0.39, 0.29) is 5.56 Å². The molecule has 26 heavy (non-hydrogen) atoms. The molecule has 0 amide bonds. The van der Waals surface area contributed by atoms with Crippen LogP contribution >= 0.6 is 0 Å². The molecule has 0 bridgehead atoms. The molecule has 0 aliphatic carbocycles. The van der Waals surface area contributed by atoms with Gasteiger partial charge in [-0.25, -0.2) is 9.97 Å². The van der Waals surface area contributed by atoms with Crippen LogP contribution in [0.25, 0.3) is 22.0 Å². The molecule has 0 spiro atoms. The van der Waals surface area contributed by atoms with Crippen LogP contribution in [0.3, 0.4) is 0 Å². The van der Waals surface area contributed by atoms with E-state index >= 15 is 0 Å². The molecule has 4 aromatic rings. The summed E-state index contributed by atoms with van der Waals surface area (Å²) < 4.78 is 5.20. The summed E-state index contributed by atoms with van der Waals surface area (Å²) in [4.78, 5) is 28.0. The first-order valence-corrected chi connectivity index (χ1v) is 8.14. The van der Waals surface area contributed by atoms with Gasteiger partial charge in [-0.1, -0.05) is 12.1 Å². The summed E-state index contributed by atoms with van der Waals surface area (Å²) >= 11 is 0. The Morgan fingerprint density at radius 1 is 1.08 bits per heavy atom. The van der Waals surface area contributed by atoms with Crippen molar-refractivity contribution in [2.75, 3.05) is 7.11 Å². The number of aromatic nitrogens is 4. The van der Waals surface area contributed by atoms with Crippen LogP contribution in [0.1, 0.15) is 11.3 Å². The summed E-state index contributed by atoms with van der Waals surface area (Å²) in [6, 6.07) is 11.5. The van der Waals surface area contributed by atoms with Gasteiger partial charge >= 0.3 is 0 Å². The van der Waals surface area contributed by atoms with Crippen molar-refractivity contribution in [1.29, 1.82) is 0 Å². The second-order valence-corrected chi connectivity index (χ2v) is 5.88. The van der Waals surface area contributed by atoms with Crippen LogP contribution in [-0.2, 0) is 6.42 Å². The molecular formula is C20H16N4O2. The van der Waals surface area contributed by atoms with Crippen molar-refractivity contribution in [3.05, 3.63) is 82.9 Å². The van der Waals surface area contributed by atoms with Gasteiger partial charge in [0.05, 0.1) is 23.9 Å². The lowest BCUT2D eigenvalue weighted by atomic mass is 10.0. The predicted molar refractivity (Wildman–Crippen MR) is 99.2 cm³/mol. The largest absolute Gasteiger partial charge is 0.497 e. The van der Waals surface area contributed by atoms with Gasteiger partial charge in [0.1, 0.15) is 12.1 Å². The van der Waals surface area contributed by atoms with Crippen molar-refractivity contribution >= 4 is 10.8 Å². The third kappa shape index (κ3) is 3.04. The van der Waals surface area contributed by atoms with Crippen molar-refractivity contribution < 1.29 is 4.74 Å². The van der Waals surface area contributed by atoms with Gasteiger partial charge in [0.25, 0.3) is 5.56 Å². The highest BCUT2D eigenvalue weighted by Crippen LogP contribution is 2.24. The van der Waals surface area contributed by atoms with Crippen molar-refractivity contribution in [1.82, 2.24) is 19.9 Å². The Morgan fingerprint density at radius 2 is 1.85 bits per heavy atom. The van der Waals surface area contributed by atoms with Gasteiger partial charge in [0, 0.05) is 30.6 Å². The molecule has 3 heterocycles. The number of rotatable bonds is 4. The van der Waals surface area contributed by atoms with Crippen LogP contribution in [0.4, 0.5) is 0 Å². The lowest BCUT2D eigenvalue weighted by Gasteiger charge is -2.09. The van der Waals surface area contributed by atoms with E-state index < -0.39 is 0 Å². The number of nitrogens with one attached hydrogen (secondary N) is 1. The molecule has 4 rings (SSSR count). The number of fused-ring (bicyclic) bond motifs is 1. The number of aromatic amines is 1. The normalized spacial score (nSPS) is 10.8. The van der Waals surface area contributed by atoms with Gasteiger partial charge in [-0.3, -0.25) is 9.78 Å². The predicted octanol–water partition coefficient (Wildman–Crippen LogP) is 2.98. The van der Waals surface area contributed by atoms with Crippen LogP contribution < -0.4 is 10.3 Å². The molecule has 0 fully saturated rings. The topological polar surface area (TPSA) is 80.8 Å². The molecule has 0 aliphatic rings. The SMILES string of the molecule is COc1ccc(Cc2nc(-c3cncnc3)cc3cc[nH]c(=O)c23)cc1. The molecule has 0 atom stereocenters. The molecule has 3 aromatic heterocycles. The van der Waals surface area contributed by atoms with Gasteiger partial charge < -0.3 is 9.72 Å². The zero-order chi connectivity index (χ0) is 17.9. The Bertz CT molecular complexity index is 1110. The highest BCUT2D eigenvalue weighted by Gasteiger charge is 2.12. The van der Waals surface area contributed by atoms with E-state index in [4.69, 9.17) is 9.72 Å². The van der Waals surface area contributed by atoms with Crippen LogP contribution in [0.2, 0.25) is 0 Å². The number of ether oxygens (including phenoxy) is 1. The quantitative estimate of drug-likeness (QED) is 0.615. The summed E-state index contributed by atoms with van der Waals surface area (Å²) in [5.41, 5.74) is 3.17. The minimum absolute atomic E-state index is 0.144. The summed E-state index contributed by atoms with van der Waals surface area (Å²) in [7, 11) is 1.63. The molecular weight excluding hydrogens is 328 g/mol. The van der Waals surface area contributed by atoms with Crippen LogP contribution in [0.15, 0.2) is 66.1 Å². The molecule has 6 heteroatoms. The molecule has 0 saturated carbocycles. The standard InChI is InChI=1S/C20H16N4O2/c1-26-16-4-2-13(3-5-16)8-18-19-14(6-7-23-20(19)25)9-17(24-18)15-10-21-12-22-11-15/h2-7,9-12H,8H2,1H3,(H,23,25). The average molecular weight is 344 g/mol. The number of methoxy groups -OCH3 is 1. The monoisotopic (exact) mass is 344 g/mol. The number of hydrogen-bond donors (Lipinski definition) is 1. The second kappa shape index (κ2) is 6.76. The maximum absolute atomic E-state index is 12.4. The van der Waals surface area contributed by atoms with E-state index in [0.717, 1.165) is 28.0 Å². The highest BCUT2D eigenvalue weighted by molar-refractivity contribution is 5.87. The number of H-pyrrole nitrogens is 1. The molecule has 0 radical (unpaired) electrons. The summed E-state index contributed by atoms with van der Waals surface area (Å²) in [6.07, 6.45) is 7.09. The first-order chi connectivity index (χ1) is 12.7. The Kier molecular flexibility index (Phi) is 4.15. The van der Waals surface area contributed by atoms with E-state index in [9.17, 15) is 4.79 Å². The van der Waals surface area contributed by atoms with E-state index in [0.29, 0.717) is 17.5 Å². The summed E-state index contributed by atoms with van der Waals surface area (Å²) in [6.45, 7) is 0. The van der Waals surface area contributed by atoms with Crippen molar-refractivity contribution in [2.24, 2.45) is 0 Å². The lowest BCUT2D eigenvalue weighted by molar-refractivity contribution is 0.414. The Morgan fingerprint density at radius 3 is 2.58 bits per heavy atom. The third-order valence-electron chi connectivity index (χ3n) is 4.22. The first-order valence-electron chi connectivity index (χ1n) is 8.14. The fourth-order valence-electron chi connectivity index (χ4n) is 2.94. The third-order valence-corrected chi connectivity index (χ3v) is 4.22. The van der Waals surface area contributed by atoms with E-state index in [1.54, 1.807) is 25.7 Å². The zero-order valence-electron chi connectivity index (χ0n) is 14.1. The second-order valence-electron chi connectivity index (χ2n) is 5.88. The maximum atomic E-state index is 12.4. The molecule has 1 N–H and O–H groups in total. The molecule has 0 aliphatic heterocycles. The Labute approximate surface area is 149 Å². The minimum atomic E-state index is -0.144. The van der Waals surface area contributed by atoms with Crippen molar-refractivity contribution in [3.8, 4) is 17.0 Å². The van der Waals surface area contributed by atoms with Gasteiger partial charge in [-0.15, -0.1) is 0 Å². The maximum Gasteiger partial charge on any atom is 0.257 e. The molecule has 128 valence electrons. The van der Waals surface area contributed by atoms with Gasteiger partial charge in [-0.05, 0) is 35.2 Å². The number of benzene rings is 1. The highest BCUT2D eigenvalue weighted by atomic mass is 16.5. The summed E-state index contributed by atoms with van der Waals surface area (Å²) in [5, 5.41) is 1.44. The number of hydrogen-bond acceptors (Lipinski definition) is 5. The van der Waals surface area contributed by atoms with Gasteiger partial charge in [0.2, 0.25) is 0 Å². The smallest absolute Gasteiger partial charge is 0.257 e. The molecule has 0 saturated heterocycles.